The van der Waals surface area contributed by atoms with Crippen molar-refractivity contribution in [1.29, 1.82) is 0 Å². The predicted octanol–water partition coefficient (Wildman–Crippen LogP) is 2.14. The Kier molecular flexibility index (Phi) is 7.24. The third-order valence-electron chi connectivity index (χ3n) is 3.74. The first-order valence-electron chi connectivity index (χ1n) is 7.99. The Balaban J connectivity index is 1.79. The number of hydrogen-bond acceptors (Lipinski definition) is 4. The lowest BCUT2D eigenvalue weighted by atomic mass is 10.2. The van der Waals surface area contributed by atoms with Crippen molar-refractivity contribution in [1.82, 2.24) is 10.2 Å². The lowest BCUT2D eigenvalue weighted by Crippen LogP contribution is -2.41. The molecule has 144 valence electrons. The van der Waals surface area contributed by atoms with Crippen LogP contribution in [0.1, 0.15) is 12.0 Å². The van der Waals surface area contributed by atoms with Gasteiger partial charge in [0, 0.05) is 26.2 Å². The molecule has 0 unspecified atom stereocenters. The summed E-state index contributed by atoms with van der Waals surface area (Å²) in [5.41, 5.74) is -1.13. The Morgan fingerprint density at radius 3 is 2.54 bits per heavy atom. The molecule has 0 bridgehead atoms. The van der Waals surface area contributed by atoms with Crippen molar-refractivity contribution in [2.75, 3.05) is 44.7 Å². The largest absolute Gasteiger partial charge is 0.416 e. The first-order chi connectivity index (χ1) is 12.3. The third-order valence-corrected chi connectivity index (χ3v) is 4.07. The smallest absolute Gasteiger partial charge is 0.379 e. The molecular weight excluding hydrogens is 375 g/mol. The van der Waals surface area contributed by atoms with E-state index in [0.29, 0.717) is 26.3 Å². The van der Waals surface area contributed by atoms with Crippen LogP contribution < -0.4 is 10.6 Å². The van der Waals surface area contributed by atoms with Gasteiger partial charge >= 0.3 is 6.18 Å². The van der Waals surface area contributed by atoms with Gasteiger partial charge in [-0.2, -0.15) is 13.2 Å². The van der Waals surface area contributed by atoms with E-state index < -0.39 is 30.0 Å². The highest BCUT2D eigenvalue weighted by molar-refractivity contribution is 6.33. The minimum Gasteiger partial charge on any atom is -0.379 e. The molecule has 0 radical (unpaired) electrons. The van der Waals surface area contributed by atoms with E-state index in [0.717, 1.165) is 31.3 Å². The highest BCUT2D eigenvalue weighted by Gasteiger charge is 2.31. The van der Waals surface area contributed by atoms with E-state index in [1.165, 1.54) is 0 Å². The Morgan fingerprint density at radius 1 is 1.19 bits per heavy atom. The lowest BCUT2D eigenvalue weighted by molar-refractivity contribution is -0.137. The molecule has 1 aliphatic heterocycles. The molecule has 1 heterocycles. The average molecular weight is 394 g/mol. The fourth-order valence-corrected chi connectivity index (χ4v) is 2.54. The highest BCUT2D eigenvalue weighted by Crippen LogP contribution is 2.33. The van der Waals surface area contributed by atoms with Gasteiger partial charge in [0.05, 0.1) is 29.5 Å². The van der Waals surface area contributed by atoms with E-state index in [9.17, 15) is 22.8 Å². The number of amides is 2. The average Bonchev–Trinajstić information content (AvgIpc) is 2.56. The molecule has 0 atom stereocenters. The summed E-state index contributed by atoms with van der Waals surface area (Å²) >= 11 is 5.80. The maximum atomic E-state index is 12.7. The summed E-state index contributed by atoms with van der Waals surface area (Å²) < 4.78 is 43.3. The molecule has 1 aromatic carbocycles. The molecule has 2 amide bonds. The van der Waals surface area contributed by atoms with Crippen molar-refractivity contribution >= 4 is 29.1 Å². The summed E-state index contributed by atoms with van der Waals surface area (Å²) in [5, 5.41) is 4.79. The molecular formula is C16H19ClF3N3O3. The second kappa shape index (κ2) is 9.20. The Labute approximate surface area is 153 Å². The van der Waals surface area contributed by atoms with E-state index >= 15 is 0 Å². The van der Waals surface area contributed by atoms with Crippen LogP contribution in [0.15, 0.2) is 18.2 Å². The van der Waals surface area contributed by atoms with Crippen LogP contribution in [0, 0.1) is 0 Å². The number of rotatable bonds is 6. The van der Waals surface area contributed by atoms with Crippen molar-refractivity contribution in [3.05, 3.63) is 28.8 Å². The summed E-state index contributed by atoms with van der Waals surface area (Å²) in [5.74, 6) is -1.26. The zero-order valence-electron chi connectivity index (χ0n) is 13.9. The van der Waals surface area contributed by atoms with E-state index in [4.69, 9.17) is 16.3 Å². The molecule has 0 aromatic heterocycles. The number of nitrogens with one attached hydrogen (secondary N) is 2. The molecule has 26 heavy (non-hydrogen) atoms. The van der Waals surface area contributed by atoms with Gasteiger partial charge in [-0.3, -0.25) is 14.5 Å². The molecule has 0 aliphatic carbocycles. The van der Waals surface area contributed by atoms with Crippen molar-refractivity contribution in [2.45, 2.75) is 12.6 Å². The number of benzene rings is 1. The molecule has 6 nitrogen and oxygen atoms in total. The van der Waals surface area contributed by atoms with Crippen molar-refractivity contribution in [3.8, 4) is 0 Å². The number of alkyl halides is 3. The van der Waals surface area contributed by atoms with Crippen LogP contribution in [0.3, 0.4) is 0 Å². The van der Waals surface area contributed by atoms with Gasteiger partial charge in [0.15, 0.2) is 0 Å². The van der Waals surface area contributed by atoms with Crippen molar-refractivity contribution in [2.24, 2.45) is 0 Å². The van der Waals surface area contributed by atoms with Gasteiger partial charge < -0.3 is 15.4 Å². The summed E-state index contributed by atoms with van der Waals surface area (Å²) in [6.45, 7) is 3.86. The van der Waals surface area contributed by atoms with Gasteiger partial charge in [0.25, 0.3) is 0 Å². The fourth-order valence-electron chi connectivity index (χ4n) is 2.38. The molecule has 0 saturated carbocycles. The van der Waals surface area contributed by atoms with Crippen LogP contribution in [0.4, 0.5) is 18.9 Å². The highest BCUT2D eigenvalue weighted by atomic mass is 35.5. The van der Waals surface area contributed by atoms with Crippen LogP contribution in [0.2, 0.25) is 5.02 Å². The molecule has 0 spiro atoms. The van der Waals surface area contributed by atoms with Gasteiger partial charge in [-0.15, -0.1) is 0 Å². The number of hydrogen-bond donors (Lipinski definition) is 2. The first-order valence-corrected chi connectivity index (χ1v) is 8.37. The van der Waals surface area contributed by atoms with Crippen LogP contribution in [0.5, 0.6) is 0 Å². The molecule has 1 aliphatic rings. The maximum Gasteiger partial charge on any atom is 0.416 e. The van der Waals surface area contributed by atoms with Gasteiger partial charge in [0.2, 0.25) is 11.8 Å². The Bertz CT molecular complexity index is 649. The van der Waals surface area contributed by atoms with E-state index in [1.807, 2.05) is 0 Å². The predicted molar refractivity (Wildman–Crippen MR) is 90.0 cm³/mol. The fraction of sp³-hybridized carbons (Fsp3) is 0.500. The standard InChI is InChI=1S/C16H19ClF3N3O3/c17-12-2-1-11(16(18,19)20)9-13(12)22-15(25)10-14(24)21-3-4-23-5-7-26-8-6-23/h1-2,9H,3-8,10H2,(H,21,24)(H,22,25). The number of anilines is 1. The lowest BCUT2D eigenvalue weighted by Gasteiger charge is -2.26. The Morgan fingerprint density at radius 2 is 1.88 bits per heavy atom. The maximum absolute atomic E-state index is 12.7. The summed E-state index contributed by atoms with van der Waals surface area (Å²) in [7, 11) is 0. The number of nitrogens with zero attached hydrogens (tertiary/aromatic N) is 1. The second-order valence-electron chi connectivity index (χ2n) is 5.72. The van der Waals surface area contributed by atoms with Gasteiger partial charge in [0.1, 0.15) is 6.42 Å². The van der Waals surface area contributed by atoms with E-state index in [-0.39, 0.29) is 10.7 Å². The van der Waals surface area contributed by atoms with Crippen molar-refractivity contribution < 1.29 is 27.5 Å². The SMILES string of the molecule is O=C(CC(=O)Nc1cc(C(F)(F)F)ccc1Cl)NCCN1CCOCC1. The monoisotopic (exact) mass is 393 g/mol. The van der Waals surface area contributed by atoms with Crippen LogP contribution >= 0.6 is 11.6 Å². The molecule has 10 heteroatoms. The van der Waals surface area contributed by atoms with Gasteiger partial charge in [-0.1, -0.05) is 11.6 Å². The van der Waals surface area contributed by atoms with E-state index in [2.05, 4.69) is 15.5 Å². The number of carbonyl (C=O) groups is 2. The van der Waals surface area contributed by atoms with E-state index in [1.54, 1.807) is 0 Å². The normalized spacial score (nSPS) is 15.5. The molecule has 1 saturated heterocycles. The summed E-state index contributed by atoms with van der Waals surface area (Å²) in [6.07, 6.45) is -5.06. The summed E-state index contributed by atoms with van der Waals surface area (Å²) in [4.78, 5) is 25.7. The molecule has 1 fully saturated rings. The minimum atomic E-state index is -4.55. The zero-order chi connectivity index (χ0) is 19.2. The van der Waals surface area contributed by atoms with Crippen LogP contribution in [-0.2, 0) is 20.5 Å². The molecule has 1 aromatic rings. The van der Waals surface area contributed by atoms with Crippen LogP contribution in [0.25, 0.3) is 0 Å². The van der Waals surface area contributed by atoms with Gasteiger partial charge in [-0.05, 0) is 18.2 Å². The Hall–Kier alpha value is -1.84. The van der Waals surface area contributed by atoms with Gasteiger partial charge in [-0.25, -0.2) is 0 Å². The minimum absolute atomic E-state index is 0.0425. The number of carbonyl (C=O) groups excluding carboxylic acids is 2. The topological polar surface area (TPSA) is 70.7 Å². The molecule has 2 rings (SSSR count). The number of ether oxygens (including phenoxy) is 1. The third kappa shape index (κ3) is 6.47. The quantitative estimate of drug-likeness (QED) is 0.726. The van der Waals surface area contributed by atoms with Crippen molar-refractivity contribution in [3.63, 3.8) is 0 Å². The first kappa shape index (κ1) is 20.5. The summed E-state index contributed by atoms with van der Waals surface area (Å²) in [6, 6.07) is 2.59. The second-order valence-corrected chi connectivity index (χ2v) is 6.13. The number of morpholine rings is 1. The molecule has 2 N–H and O–H groups in total. The number of halogens is 4. The zero-order valence-corrected chi connectivity index (χ0v) is 14.6. The van der Waals surface area contributed by atoms with Crippen LogP contribution in [-0.4, -0.2) is 56.1 Å².